The summed E-state index contributed by atoms with van der Waals surface area (Å²) >= 11 is 0. The number of aliphatic hydroxyl groups is 1. The summed E-state index contributed by atoms with van der Waals surface area (Å²) in [5.41, 5.74) is 12.4. The van der Waals surface area contributed by atoms with Crippen molar-refractivity contribution in [1.29, 1.82) is 5.26 Å². The van der Waals surface area contributed by atoms with Gasteiger partial charge in [-0.25, -0.2) is 0 Å². The van der Waals surface area contributed by atoms with Gasteiger partial charge in [0.15, 0.2) is 0 Å². The molecule has 1 aromatic heterocycles. The molecule has 3 unspecified atom stereocenters. The van der Waals surface area contributed by atoms with Crippen molar-refractivity contribution < 1.29 is 5.11 Å². The maximum absolute atomic E-state index is 9.65. The smallest absolute Gasteiger partial charge is 0.101 e. The quantitative estimate of drug-likeness (QED) is 0.629. The minimum atomic E-state index is -0.496. The number of aromatic nitrogens is 1. The number of benzene rings is 2. The number of hydrogen-bond acceptors (Lipinski definition) is 7. The number of rotatable bonds is 3. The van der Waals surface area contributed by atoms with E-state index in [1.165, 1.54) is 16.8 Å². The molecule has 0 amide bonds. The Hall–Kier alpha value is -3.18. The topological polar surface area (TPSA) is 92.7 Å². The van der Waals surface area contributed by atoms with Crippen molar-refractivity contribution >= 4 is 22.3 Å². The van der Waals surface area contributed by atoms with Gasteiger partial charge < -0.3 is 20.6 Å². The summed E-state index contributed by atoms with van der Waals surface area (Å²) < 4.78 is 0. The lowest BCUT2D eigenvalue weighted by atomic mass is 9.99. The van der Waals surface area contributed by atoms with Gasteiger partial charge in [-0.3, -0.25) is 9.88 Å². The minimum Gasteiger partial charge on any atom is -0.394 e. The van der Waals surface area contributed by atoms with E-state index in [4.69, 9.17) is 5.73 Å². The Balaban J connectivity index is 1.31. The SMILES string of the molecule is CC1CN(c2ccc(C#N)c3ncccc23)CC2c3ccc(N4CCC(N)(CO)C4)cc3CN12. The van der Waals surface area contributed by atoms with Gasteiger partial charge >= 0.3 is 0 Å². The van der Waals surface area contributed by atoms with Gasteiger partial charge in [-0.1, -0.05) is 6.07 Å². The minimum absolute atomic E-state index is 0.0250. The van der Waals surface area contributed by atoms with Crippen LogP contribution in [0.25, 0.3) is 10.9 Å². The largest absolute Gasteiger partial charge is 0.394 e. The first-order valence-electron chi connectivity index (χ1n) is 12.1. The average Bonchev–Trinajstić information content (AvgIpc) is 3.44. The molecule has 3 aromatic rings. The number of nitrogens with two attached hydrogens (primary N) is 1. The monoisotopic (exact) mass is 454 g/mol. The third-order valence-corrected chi connectivity index (χ3v) is 7.96. The first-order chi connectivity index (χ1) is 16.5. The summed E-state index contributed by atoms with van der Waals surface area (Å²) in [5, 5.41) is 20.2. The van der Waals surface area contributed by atoms with Crippen LogP contribution in [-0.2, 0) is 6.54 Å². The standard InChI is InChI=1S/C27H30N6O/c1-18-13-32(24-7-4-19(12-28)26-23(24)3-2-9-30-26)15-25-22-6-5-21(11-20(22)14-33(18)25)31-10-8-27(29,16-31)17-34/h2-7,9,11,18,25,34H,8,10,13-17,29H2,1H3. The van der Waals surface area contributed by atoms with E-state index in [0.29, 0.717) is 24.2 Å². The van der Waals surface area contributed by atoms with Crippen molar-refractivity contribution in [2.45, 2.75) is 37.5 Å². The van der Waals surface area contributed by atoms with Gasteiger partial charge in [-0.2, -0.15) is 5.26 Å². The lowest BCUT2D eigenvalue weighted by Crippen LogP contribution is -2.51. The van der Waals surface area contributed by atoms with Crippen molar-refractivity contribution in [3.8, 4) is 6.07 Å². The van der Waals surface area contributed by atoms with E-state index in [-0.39, 0.29) is 6.61 Å². The fourth-order valence-corrected chi connectivity index (χ4v) is 6.08. The van der Waals surface area contributed by atoms with E-state index in [2.05, 4.69) is 63.0 Å². The van der Waals surface area contributed by atoms with Gasteiger partial charge in [0.2, 0.25) is 0 Å². The fraction of sp³-hybridized carbons (Fsp3) is 0.407. The van der Waals surface area contributed by atoms with Crippen LogP contribution in [0.4, 0.5) is 11.4 Å². The Kier molecular flexibility index (Phi) is 4.99. The lowest BCUT2D eigenvalue weighted by molar-refractivity contribution is 0.134. The van der Waals surface area contributed by atoms with E-state index in [1.807, 2.05) is 12.1 Å². The molecule has 0 spiro atoms. The van der Waals surface area contributed by atoms with E-state index in [1.54, 1.807) is 6.20 Å². The number of nitrogens with zero attached hydrogens (tertiary/aromatic N) is 5. The second-order valence-electron chi connectivity index (χ2n) is 10.2. The molecule has 0 saturated carbocycles. The highest BCUT2D eigenvalue weighted by Gasteiger charge is 2.40. The average molecular weight is 455 g/mol. The predicted octanol–water partition coefficient (Wildman–Crippen LogP) is 2.77. The zero-order chi connectivity index (χ0) is 23.4. The second kappa shape index (κ2) is 7.95. The first-order valence-corrected chi connectivity index (χ1v) is 12.1. The number of fused-ring (bicyclic) bond motifs is 4. The molecule has 3 aliphatic rings. The van der Waals surface area contributed by atoms with Crippen molar-refractivity contribution in [2.75, 3.05) is 42.6 Å². The molecule has 7 nitrogen and oxygen atoms in total. The Morgan fingerprint density at radius 1 is 1.21 bits per heavy atom. The molecular formula is C27H30N6O. The molecular weight excluding hydrogens is 424 g/mol. The van der Waals surface area contributed by atoms with Crippen LogP contribution in [0, 0.1) is 11.3 Å². The summed E-state index contributed by atoms with van der Waals surface area (Å²) in [5.74, 6) is 0. The highest BCUT2D eigenvalue weighted by molar-refractivity contribution is 5.95. The number of anilines is 2. The van der Waals surface area contributed by atoms with Crippen LogP contribution in [-0.4, -0.2) is 59.4 Å². The van der Waals surface area contributed by atoms with Gasteiger partial charge in [-0.15, -0.1) is 0 Å². The van der Waals surface area contributed by atoms with Crippen LogP contribution < -0.4 is 15.5 Å². The Morgan fingerprint density at radius 2 is 2.09 bits per heavy atom. The maximum Gasteiger partial charge on any atom is 0.101 e. The summed E-state index contributed by atoms with van der Waals surface area (Å²) in [6.45, 7) is 6.71. The van der Waals surface area contributed by atoms with E-state index >= 15 is 0 Å². The molecule has 3 aliphatic heterocycles. The van der Waals surface area contributed by atoms with Crippen molar-refractivity contribution in [2.24, 2.45) is 5.73 Å². The fourth-order valence-electron chi connectivity index (χ4n) is 6.08. The highest BCUT2D eigenvalue weighted by Crippen LogP contribution is 2.42. The molecule has 2 aromatic carbocycles. The molecule has 3 N–H and O–H groups in total. The van der Waals surface area contributed by atoms with E-state index in [9.17, 15) is 10.4 Å². The Morgan fingerprint density at radius 3 is 2.88 bits per heavy atom. The van der Waals surface area contributed by atoms with Crippen LogP contribution in [0.3, 0.4) is 0 Å². The number of aliphatic hydroxyl groups excluding tert-OH is 1. The number of pyridine rings is 1. The molecule has 0 radical (unpaired) electrons. The van der Waals surface area contributed by atoms with Crippen molar-refractivity contribution in [1.82, 2.24) is 9.88 Å². The number of hydrogen-bond donors (Lipinski definition) is 2. The molecule has 7 heteroatoms. The lowest BCUT2D eigenvalue weighted by Gasteiger charge is -2.43. The van der Waals surface area contributed by atoms with Gasteiger partial charge in [0.1, 0.15) is 6.07 Å². The molecule has 0 aliphatic carbocycles. The van der Waals surface area contributed by atoms with Gasteiger partial charge in [0, 0.05) is 61.7 Å². The van der Waals surface area contributed by atoms with Gasteiger partial charge in [0.25, 0.3) is 0 Å². The zero-order valence-corrected chi connectivity index (χ0v) is 19.5. The molecule has 4 heterocycles. The van der Waals surface area contributed by atoms with Crippen LogP contribution in [0.5, 0.6) is 0 Å². The number of piperazine rings is 1. The highest BCUT2D eigenvalue weighted by atomic mass is 16.3. The van der Waals surface area contributed by atoms with Crippen LogP contribution in [0.2, 0.25) is 0 Å². The third-order valence-electron chi connectivity index (χ3n) is 7.96. The van der Waals surface area contributed by atoms with E-state index in [0.717, 1.165) is 49.2 Å². The van der Waals surface area contributed by atoms with Gasteiger partial charge in [-0.05, 0) is 60.9 Å². The first kappa shape index (κ1) is 21.4. The number of nitriles is 1. The summed E-state index contributed by atoms with van der Waals surface area (Å²) in [4.78, 5) is 11.9. The molecule has 174 valence electrons. The Bertz CT molecular complexity index is 1300. The van der Waals surface area contributed by atoms with Crippen LogP contribution >= 0.6 is 0 Å². The van der Waals surface area contributed by atoms with E-state index < -0.39 is 5.54 Å². The van der Waals surface area contributed by atoms with Crippen LogP contribution in [0.1, 0.15) is 36.1 Å². The Labute approximate surface area is 200 Å². The van der Waals surface area contributed by atoms with Gasteiger partial charge in [0.05, 0.1) is 29.3 Å². The van der Waals surface area contributed by atoms with Crippen molar-refractivity contribution in [3.63, 3.8) is 0 Å². The third kappa shape index (κ3) is 3.33. The predicted molar refractivity (Wildman–Crippen MR) is 134 cm³/mol. The molecule has 34 heavy (non-hydrogen) atoms. The zero-order valence-electron chi connectivity index (χ0n) is 19.5. The molecule has 6 rings (SSSR count). The molecule has 0 bridgehead atoms. The summed E-state index contributed by atoms with van der Waals surface area (Å²) in [6, 6.07) is 17.9. The maximum atomic E-state index is 9.65. The second-order valence-corrected chi connectivity index (χ2v) is 10.2. The normalized spacial score (nSPS) is 26.5. The van der Waals surface area contributed by atoms with Crippen LogP contribution in [0.15, 0.2) is 48.7 Å². The molecule has 3 atom stereocenters. The molecule has 2 fully saturated rings. The summed E-state index contributed by atoms with van der Waals surface area (Å²) in [6.07, 6.45) is 2.57. The summed E-state index contributed by atoms with van der Waals surface area (Å²) in [7, 11) is 0. The van der Waals surface area contributed by atoms with Crippen molar-refractivity contribution in [3.05, 3.63) is 65.4 Å². The molecule has 2 saturated heterocycles.